The third-order valence-electron chi connectivity index (χ3n) is 5.71. The van der Waals surface area contributed by atoms with Crippen molar-refractivity contribution in [3.63, 3.8) is 0 Å². The van der Waals surface area contributed by atoms with Gasteiger partial charge in [0.1, 0.15) is 17.8 Å². The number of aromatic nitrogens is 5. The molecule has 0 saturated heterocycles. The highest BCUT2D eigenvalue weighted by Crippen LogP contribution is 2.37. The molecule has 5 aromatic rings. The van der Waals surface area contributed by atoms with Gasteiger partial charge in [0.05, 0.1) is 43.2 Å². The molecule has 3 N–H and O–H groups in total. The van der Waals surface area contributed by atoms with Crippen molar-refractivity contribution in [1.82, 2.24) is 24.9 Å². The summed E-state index contributed by atoms with van der Waals surface area (Å²) in [6.45, 7) is 0.855. The van der Waals surface area contributed by atoms with Crippen LogP contribution in [0.25, 0.3) is 21.9 Å². The number of methoxy groups -OCH3 is 2. The SMILES string of the molecule is COc1cc2[nH]c3ncnc(Nc4ncc(NCc5ccc6c(c5)OCO6)cn4)c3c2cc1OC. The second-order valence-corrected chi connectivity index (χ2v) is 7.79. The fourth-order valence-corrected chi connectivity index (χ4v) is 3.99. The van der Waals surface area contributed by atoms with Gasteiger partial charge in [0.15, 0.2) is 23.0 Å². The summed E-state index contributed by atoms with van der Waals surface area (Å²) in [5.41, 5.74) is 3.37. The number of aromatic amines is 1. The Balaban J connectivity index is 1.23. The molecule has 2 aromatic carbocycles. The molecule has 0 saturated carbocycles. The van der Waals surface area contributed by atoms with E-state index in [-0.39, 0.29) is 6.79 Å². The number of fused-ring (bicyclic) bond motifs is 4. The van der Waals surface area contributed by atoms with Crippen LogP contribution in [0.2, 0.25) is 0 Å². The Labute approximate surface area is 199 Å². The summed E-state index contributed by atoms with van der Waals surface area (Å²) < 4.78 is 21.7. The van der Waals surface area contributed by atoms with Crippen LogP contribution in [0.4, 0.5) is 17.5 Å². The number of anilines is 3. The smallest absolute Gasteiger partial charge is 0.231 e. The van der Waals surface area contributed by atoms with E-state index < -0.39 is 0 Å². The van der Waals surface area contributed by atoms with E-state index in [0.29, 0.717) is 35.5 Å². The Morgan fingerprint density at radius 2 is 1.74 bits per heavy atom. The molecule has 35 heavy (non-hydrogen) atoms. The van der Waals surface area contributed by atoms with E-state index in [1.54, 1.807) is 26.6 Å². The predicted octanol–water partition coefficient (Wildman–Crippen LogP) is 4.00. The molecule has 0 amide bonds. The van der Waals surface area contributed by atoms with E-state index in [2.05, 4.69) is 35.6 Å². The first-order valence-corrected chi connectivity index (χ1v) is 10.8. The van der Waals surface area contributed by atoms with Crippen molar-refractivity contribution in [2.45, 2.75) is 6.54 Å². The molecule has 0 aliphatic carbocycles. The number of H-pyrrole nitrogens is 1. The third-order valence-corrected chi connectivity index (χ3v) is 5.71. The number of nitrogens with zero attached hydrogens (tertiary/aromatic N) is 4. The van der Waals surface area contributed by atoms with Gasteiger partial charge in [-0.05, 0) is 23.8 Å². The van der Waals surface area contributed by atoms with Gasteiger partial charge >= 0.3 is 0 Å². The number of hydrogen-bond acceptors (Lipinski definition) is 10. The van der Waals surface area contributed by atoms with E-state index in [4.69, 9.17) is 18.9 Å². The van der Waals surface area contributed by atoms with Crippen LogP contribution in [0.1, 0.15) is 5.56 Å². The van der Waals surface area contributed by atoms with Crippen LogP contribution in [0.5, 0.6) is 23.0 Å². The van der Waals surface area contributed by atoms with E-state index in [9.17, 15) is 0 Å². The zero-order chi connectivity index (χ0) is 23.8. The molecule has 1 aliphatic heterocycles. The van der Waals surface area contributed by atoms with Gasteiger partial charge in [-0.3, -0.25) is 0 Å². The molecule has 6 rings (SSSR count). The van der Waals surface area contributed by atoms with Crippen molar-refractivity contribution in [2.24, 2.45) is 0 Å². The lowest BCUT2D eigenvalue weighted by Gasteiger charge is -2.09. The molecular weight excluding hydrogens is 450 g/mol. The molecule has 0 atom stereocenters. The Kier molecular flexibility index (Phi) is 5.06. The fourth-order valence-electron chi connectivity index (χ4n) is 3.99. The zero-order valence-corrected chi connectivity index (χ0v) is 19.0. The molecule has 0 unspecified atom stereocenters. The van der Waals surface area contributed by atoms with Crippen LogP contribution in [0.3, 0.4) is 0 Å². The van der Waals surface area contributed by atoms with Gasteiger partial charge in [-0.15, -0.1) is 0 Å². The van der Waals surface area contributed by atoms with Crippen molar-refractivity contribution in [2.75, 3.05) is 31.6 Å². The zero-order valence-electron chi connectivity index (χ0n) is 19.0. The summed E-state index contributed by atoms with van der Waals surface area (Å²) in [5, 5.41) is 8.20. The van der Waals surface area contributed by atoms with Gasteiger partial charge in [-0.1, -0.05) is 6.07 Å². The molecule has 1 aliphatic rings. The Hall–Kier alpha value is -4.80. The van der Waals surface area contributed by atoms with Gasteiger partial charge in [-0.25, -0.2) is 19.9 Å². The van der Waals surface area contributed by atoms with Crippen LogP contribution < -0.4 is 29.6 Å². The molecule has 176 valence electrons. The van der Waals surface area contributed by atoms with E-state index in [1.807, 2.05) is 30.3 Å². The minimum atomic E-state index is 0.257. The van der Waals surface area contributed by atoms with E-state index in [0.717, 1.165) is 39.0 Å². The first kappa shape index (κ1) is 20.8. The standard InChI is InChI=1S/C24H21N7O4/c1-32-18-6-15-16(7-19(18)33-2)30-22-21(15)23(29-11-28-22)31-24-26-9-14(10-27-24)25-8-13-3-4-17-20(5-13)35-12-34-17/h3-7,9-11,25H,8,12H2,1-2H3,(H2,26,27,28,29,30,31). The second-order valence-electron chi connectivity index (χ2n) is 7.79. The number of hydrogen-bond donors (Lipinski definition) is 3. The summed E-state index contributed by atoms with van der Waals surface area (Å²) in [6.07, 6.45) is 4.91. The number of nitrogens with one attached hydrogen (secondary N) is 3. The molecule has 4 heterocycles. The minimum Gasteiger partial charge on any atom is -0.493 e. The van der Waals surface area contributed by atoms with Gasteiger partial charge in [0.2, 0.25) is 12.7 Å². The summed E-state index contributed by atoms with van der Waals surface area (Å²) in [4.78, 5) is 20.9. The normalized spacial score (nSPS) is 12.2. The van der Waals surface area contributed by atoms with Gasteiger partial charge in [-0.2, -0.15) is 0 Å². The Morgan fingerprint density at radius 3 is 2.57 bits per heavy atom. The second kappa shape index (κ2) is 8.52. The molecule has 0 bridgehead atoms. The maximum absolute atomic E-state index is 5.47. The van der Waals surface area contributed by atoms with Gasteiger partial charge < -0.3 is 34.6 Å². The summed E-state index contributed by atoms with van der Waals surface area (Å²) >= 11 is 0. The Morgan fingerprint density at radius 1 is 0.943 bits per heavy atom. The minimum absolute atomic E-state index is 0.257. The van der Waals surface area contributed by atoms with Crippen LogP contribution >= 0.6 is 0 Å². The fraction of sp³-hybridized carbons (Fsp3) is 0.167. The highest BCUT2D eigenvalue weighted by atomic mass is 16.7. The molecule has 0 spiro atoms. The molecule has 11 nitrogen and oxygen atoms in total. The van der Waals surface area contributed by atoms with E-state index >= 15 is 0 Å². The molecule has 0 fully saturated rings. The van der Waals surface area contributed by atoms with Crippen molar-refractivity contribution >= 4 is 39.4 Å². The monoisotopic (exact) mass is 471 g/mol. The molecule has 11 heteroatoms. The first-order valence-electron chi connectivity index (χ1n) is 10.8. The third kappa shape index (κ3) is 3.82. The average Bonchev–Trinajstić information content (AvgIpc) is 3.51. The van der Waals surface area contributed by atoms with Crippen molar-refractivity contribution < 1.29 is 18.9 Å². The summed E-state index contributed by atoms with van der Waals surface area (Å²) in [7, 11) is 3.20. The lowest BCUT2D eigenvalue weighted by molar-refractivity contribution is 0.174. The van der Waals surface area contributed by atoms with E-state index in [1.165, 1.54) is 6.33 Å². The van der Waals surface area contributed by atoms with Crippen molar-refractivity contribution in [3.05, 3.63) is 54.6 Å². The summed E-state index contributed by atoms with van der Waals surface area (Å²) in [5.74, 6) is 3.75. The van der Waals surface area contributed by atoms with Crippen LogP contribution in [-0.4, -0.2) is 45.9 Å². The Bertz CT molecular complexity index is 1540. The number of ether oxygens (including phenoxy) is 4. The first-order chi connectivity index (χ1) is 17.2. The number of benzene rings is 2. The molecule has 3 aromatic heterocycles. The lowest BCUT2D eigenvalue weighted by Crippen LogP contribution is -2.03. The van der Waals surface area contributed by atoms with Gasteiger partial charge in [0, 0.05) is 18.0 Å². The topological polar surface area (TPSA) is 128 Å². The van der Waals surface area contributed by atoms with Gasteiger partial charge in [0.25, 0.3) is 0 Å². The highest BCUT2D eigenvalue weighted by Gasteiger charge is 2.16. The molecular formula is C24H21N7O4. The van der Waals surface area contributed by atoms with Crippen molar-refractivity contribution in [3.8, 4) is 23.0 Å². The average molecular weight is 471 g/mol. The van der Waals surface area contributed by atoms with Crippen LogP contribution in [0.15, 0.2) is 49.1 Å². The number of rotatable bonds is 7. The van der Waals surface area contributed by atoms with Crippen LogP contribution in [-0.2, 0) is 6.54 Å². The highest BCUT2D eigenvalue weighted by molar-refractivity contribution is 6.12. The lowest BCUT2D eigenvalue weighted by atomic mass is 10.2. The summed E-state index contributed by atoms with van der Waals surface area (Å²) in [6, 6.07) is 9.62. The maximum Gasteiger partial charge on any atom is 0.231 e. The van der Waals surface area contributed by atoms with Crippen LogP contribution in [0, 0.1) is 0 Å². The molecule has 0 radical (unpaired) electrons. The quantitative estimate of drug-likeness (QED) is 0.320. The van der Waals surface area contributed by atoms with Crippen molar-refractivity contribution in [1.29, 1.82) is 0 Å². The predicted molar refractivity (Wildman–Crippen MR) is 130 cm³/mol. The largest absolute Gasteiger partial charge is 0.493 e. The maximum atomic E-state index is 5.47.